The van der Waals surface area contributed by atoms with Gasteiger partial charge in [-0.1, -0.05) is 0 Å². The van der Waals surface area contributed by atoms with Crippen LogP contribution in [0.25, 0.3) is 16.9 Å². The van der Waals surface area contributed by atoms with E-state index in [-0.39, 0.29) is 35.0 Å². The molecular formula is C23H18FN5O4. The maximum absolute atomic E-state index is 13.5. The van der Waals surface area contributed by atoms with Crippen LogP contribution in [-0.2, 0) is 13.0 Å². The molecule has 4 aromatic rings. The first kappa shape index (κ1) is 20.6. The van der Waals surface area contributed by atoms with E-state index in [0.717, 1.165) is 15.9 Å². The summed E-state index contributed by atoms with van der Waals surface area (Å²) in [6.07, 6.45) is 0.694. The summed E-state index contributed by atoms with van der Waals surface area (Å²) in [5.41, 5.74) is 6.52. The second-order valence-corrected chi connectivity index (χ2v) is 7.68. The van der Waals surface area contributed by atoms with E-state index in [2.05, 4.69) is 9.97 Å². The van der Waals surface area contributed by atoms with Crippen LogP contribution in [0.3, 0.4) is 0 Å². The molecule has 3 heterocycles. The summed E-state index contributed by atoms with van der Waals surface area (Å²) in [5.74, 6) is -0.737. The Labute approximate surface area is 186 Å². The second-order valence-electron chi connectivity index (χ2n) is 7.68. The molecular weight excluding hydrogens is 429 g/mol. The molecule has 5 rings (SSSR count). The van der Waals surface area contributed by atoms with Gasteiger partial charge in [-0.05, 0) is 55.0 Å². The Morgan fingerprint density at radius 3 is 2.64 bits per heavy atom. The maximum atomic E-state index is 13.5. The van der Waals surface area contributed by atoms with Crippen LogP contribution in [0.4, 0.5) is 4.39 Å². The molecule has 1 amide bonds. The van der Waals surface area contributed by atoms with Crippen molar-refractivity contribution in [2.24, 2.45) is 5.73 Å². The molecule has 166 valence electrons. The Hall–Kier alpha value is -4.34. The SMILES string of the molecule is Cc1nc(C(N)=O)c2c(n1)n(-c1ccc(F)cc1)c(=O)n2CC(=O)c1ccc2c(c1)CCO2. The largest absolute Gasteiger partial charge is 0.493 e. The highest BCUT2D eigenvalue weighted by Crippen LogP contribution is 2.26. The number of nitrogens with two attached hydrogens (primary N) is 1. The summed E-state index contributed by atoms with van der Waals surface area (Å²) in [7, 11) is 0. The Balaban J connectivity index is 1.70. The molecule has 0 saturated heterocycles. The molecule has 2 aromatic carbocycles. The van der Waals surface area contributed by atoms with Crippen LogP contribution in [0, 0.1) is 12.7 Å². The van der Waals surface area contributed by atoms with Gasteiger partial charge < -0.3 is 10.5 Å². The normalized spacial score (nSPS) is 12.5. The highest BCUT2D eigenvalue weighted by atomic mass is 19.1. The van der Waals surface area contributed by atoms with Crippen molar-refractivity contribution in [2.75, 3.05) is 6.61 Å². The average molecular weight is 447 g/mol. The number of carbonyl (C=O) groups excluding carboxylic acids is 2. The molecule has 0 spiro atoms. The second kappa shape index (κ2) is 7.66. The number of fused-ring (bicyclic) bond motifs is 2. The number of hydrogen-bond acceptors (Lipinski definition) is 6. The molecule has 0 unspecified atom stereocenters. The zero-order chi connectivity index (χ0) is 23.3. The monoisotopic (exact) mass is 447 g/mol. The molecule has 2 aromatic heterocycles. The minimum absolute atomic E-state index is 0.0419. The average Bonchev–Trinajstić information content (AvgIpc) is 3.36. The van der Waals surface area contributed by atoms with Gasteiger partial charge >= 0.3 is 5.69 Å². The minimum Gasteiger partial charge on any atom is -0.493 e. The lowest BCUT2D eigenvalue weighted by atomic mass is 10.1. The molecule has 33 heavy (non-hydrogen) atoms. The van der Waals surface area contributed by atoms with E-state index in [9.17, 15) is 18.8 Å². The Morgan fingerprint density at radius 1 is 1.15 bits per heavy atom. The van der Waals surface area contributed by atoms with Gasteiger partial charge in [-0.3, -0.25) is 14.2 Å². The van der Waals surface area contributed by atoms with Crippen molar-refractivity contribution in [2.45, 2.75) is 19.9 Å². The van der Waals surface area contributed by atoms with Crippen LogP contribution in [0.2, 0.25) is 0 Å². The highest BCUT2D eigenvalue weighted by Gasteiger charge is 2.25. The number of rotatable bonds is 5. The molecule has 0 aliphatic carbocycles. The van der Waals surface area contributed by atoms with Crippen LogP contribution in [0.1, 0.15) is 32.2 Å². The smallest absolute Gasteiger partial charge is 0.335 e. The number of Topliss-reactive ketones (excluding diaryl/α,β-unsaturated/α-hetero) is 1. The fraction of sp³-hybridized carbons (Fsp3) is 0.174. The maximum Gasteiger partial charge on any atom is 0.335 e. The van der Waals surface area contributed by atoms with Gasteiger partial charge in [-0.25, -0.2) is 23.7 Å². The van der Waals surface area contributed by atoms with E-state index in [4.69, 9.17) is 10.5 Å². The number of aryl methyl sites for hydroxylation is 1. The van der Waals surface area contributed by atoms with Gasteiger partial charge in [-0.2, -0.15) is 0 Å². The molecule has 0 fully saturated rings. The molecule has 10 heteroatoms. The van der Waals surface area contributed by atoms with Crippen molar-refractivity contribution in [1.82, 2.24) is 19.1 Å². The molecule has 9 nitrogen and oxygen atoms in total. The van der Waals surface area contributed by atoms with Gasteiger partial charge in [0.25, 0.3) is 5.91 Å². The molecule has 2 N–H and O–H groups in total. The van der Waals surface area contributed by atoms with Crippen molar-refractivity contribution in [3.8, 4) is 11.4 Å². The van der Waals surface area contributed by atoms with Crippen molar-refractivity contribution < 1.29 is 18.7 Å². The lowest BCUT2D eigenvalue weighted by Gasteiger charge is -2.07. The van der Waals surface area contributed by atoms with Crippen molar-refractivity contribution in [3.05, 3.63) is 81.4 Å². The Kier molecular flexibility index (Phi) is 4.77. The number of ketones is 1. The van der Waals surface area contributed by atoms with E-state index >= 15 is 0 Å². The number of ether oxygens (including phenoxy) is 1. The lowest BCUT2D eigenvalue weighted by molar-refractivity contribution is 0.0966. The van der Waals surface area contributed by atoms with E-state index in [1.165, 1.54) is 28.8 Å². The first-order chi connectivity index (χ1) is 15.8. The summed E-state index contributed by atoms with van der Waals surface area (Å²) in [4.78, 5) is 47.2. The topological polar surface area (TPSA) is 122 Å². The lowest BCUT2D eigenvalue weighted by Crippen LogP contribution is -2.27. The standard InChI is InChI=1S/C23H18FN5O4/c1-12-26-19(21(25)31)20-22(27-12)29(16-5-3-15(24)4-6-16)23(32)28(20)11-17(30)13-2-7-18-14(10-13)8-9-33-18/h2-7,10H,8-9,11H2,1H3,(H2,25,31). The summed E-state index contributed by atoms with van der Waals surface area (Å²) < 4.78 is 21.3. The van der Waals surface area contributed by atoms with E-state index in [1.807, 2.05) is 0 Å². The highest BCUT2D eigenvalue weighted by molar-refractivity contribution is 6.03. The van der Waals surface area contributed by atoms with Crippen LogP contribution >= 0.6 is 0 Å². The molecule has 1 aliphatic rings. The van der Waals surface area contributed by atoms with Crippen LogP contribution in [0.15, 0.2) is 47.3 Å². The predicted molar refractivity (Wildman–Crippen MR) is 116 cm³/mol. The van der Waals surface area contributed by atoms with Crippen molar-refractivity contribution in [1.29, 1.82) is 0 Å². The summed E-state index contributed by atoms with van der Waals surface area (Å²) in [6.45, 7) is 1.74. The number of primary amides is 1. The Bertz CT molecular complexity index is 1500. The number of imidazole rings is 1. The fourth-order valence-corrected chi connectivity index (χ4v) is 4.00. The summed E-state index contributed by atoms with van der Waals surface area (Å²) >= 11 is 0. The molecule has 0 radical (unpaired) electrons. The molecule has 0 bridgehead atoms. The number of halogens is 1. The number of aromatic nitrogens is 4. The molecule has 1 aliphatic heterocycles. The van der Waals surface area contributed by atoms with Gasteiger partial charge in [-0.15, -0.1) is 0 Å². The summed E-state index contributed by atoms with van der Waals surface area (Å²) in [5, 5.41) is 0. The van der Waals surface area contributed by atoms with Crippen LogP contribution in [-0.4, -0.2) is 37.4 Å². The van der Waals surface area contributed by atoms with Gasteiger partial charge in [0.05, 0.1) is 18.8 Å². The van der Waals surface area contributed by atoms with Crippen LogP contribution in [0.5, 0.6) is 5.75 Å². The van der Waals surface area contributed by atoms with Crippen molar-refractivity contribution >= 4 is 22.9 Å². The van der Waals surface area contributed by atoms with Gasteiger partial charge in [0.2, 0.25) is 0 Å². The third-order valence-electron chi connectivity index (χ3n) is 5.51. The number of hydrogen-bond donors (Lipinski definition) is 1. The molecule has 0 atom stereocenters. The predicted octanol–water partition coefficient (Wildman–Crippen LogP) is 1.95. The quantitative estimate of drug-likeness (QED) is 0.467. The van der Waals surface area contributed by atoms with E-state index < -0.39 is 17.4 Å². The Morgan fingerprint density at radius 2 is 1.91 bits per heavy atom. The fourth-order valence-electron chi connectivity index (χ4n) is 4.00. The summed E-state index contributed by atoms with van der Waals surface area (Å²) in [6, 6.07) is 10.3. The number of carbonyl (C=O) groups is 2. The van der Waals surface area contributed by atoms with Gasteiger partial charge in [0.1, 0.15) is 22.9 Å². The van der Waals surface area contributed by atoms with Gasteiger partial charge in [0, 0.05) is 12.0 Å². The van der Waals surface area contributed by atoms with Crippen molar-refractivity contribution in [3.63, 3.8) is 0 Å². The van der Waals surface area contributed by atoms with Crippen LogP contribution < -0.4 is 16.2 Å². The third kappa shape index (κ3) is 3.45. The first-order valence-corrected chi connectivity index (χ1v) is 10.2. The number of amides is 1. The van der Waals surface area contributed by atoms with E-state index in [0.29, 0.717) is 24.3 Å². The van der Waals surface area contributed by atoms with E-state index in [1.54, 1.807) is 25.1 Å². The zero-order valence-electron chi connectivity index (χ0n) is 17.5. The third-order valence-corrected chi connectivity index (χ3v) is 5.51. The number of benzene rings is 2. The molecule has 0 saturated carbocycles. The van der Waals surface area contributed by atoms with Gasteiger partial charge in [0.15, 0.2) is 17.1 Å². The minimum atomic E-state index is -0.863. The zero-order valence-corrected chi connectivity index (χ0v) is 17.5. The first-order valence-electron chi connectivity index (χ1n) is 10.2. The number of nitrogens with zero attached hydrogens (tertiary/aromatic N) is 4.